The number of hydrogen-bond acceptors (Lipinski definition) is 5. The van der Waals surface area contributed by atoms with Gasteiger partial charge in [-0.1, -0.05) is 56.3 Å². The van der Waals surface area contributed by atoms with E-state index in [1.54, 1.807) is 16.8 Å². The third-order valence-electron chi connectivity index (χ3n) is 6.33. The van der Waals surface area contributed by atoms with Crippen LogP contribution in [0.25, 0.3) is 33.1 Å². The number of nitro benzene ring substituents is 1. The Kier molecular flexibility index (Phi) is 5.75. The van der Waals surface area contributed by atoms with E-state index in [1.807, 2.05) is 56.3 Å². The predicted molar refractivity (Wildman–Crippen MR) is 139 cm³/mol. The summed E-state index contributed by atoms with van der Waals surface area (Å²) in [7, 11) is 1.46. The molecule has 2 heterocycles. The van der Waals surface area contributed by atoms with E-state index in [1.165, 1.54) is 23.7 Å². The Bertz CT molecular complexity index is 1740. The van der Waals surface area contributed by atoms with Crippen LogP contribution in [0.4, 0.5) is 5.69 Å². The minimum absolute atomic E-state index is 0.0483. The summed E-state index contributed by atoms with van der Waals surface area (Å²) in [5.74, 6) is 0.148. The zero-order valence-electron chi connectivity index (χ0n) is 20.2. The molecule has 0 unspecified atom stereocenters. The van der Waals surface area contributed by atoms with Gasteiger partial charge in [-0.15, -0.1) is 0 Å². The Morgan fingerprint density at radius 3 is 2.36 bits per heavy atom. The molecular weight excluding hydrogens is 458 g/mol. The predicted octanol–water partition coefficient (Wildman–Crippen LogP) is 4.33. The van der Waals surface area contributed by atoms with Crippen molar-refractivity contribution < 1.29 is 4.92 Å². The van der Waals surface area contributed by atoms with Gasteiger partial charge in [0.2, 0.25) is 0 Å². The molecule has 0 amide bonds. The molecular formula is C27H25N5O4. The second-order valence-electron chi connectivity index (χ2n) is 9.30. The number of nitrogens with zero attached hydrogens (tertiary/aromatic N) is 5. The number of rotatable bonds is 6. The van der Waals surface area contributed by atoms with E-state index in [0.717, 1.165) is 20.9 Å². The highest BCUT2D eigenvalue weighted by Crippen LogP contribution is 2.30. The lowest BCUT2D eigenvalue weighted by Crippen LogP contribution is -2.38. The normalized spacial score (nSPS) is 11.6. The number of nitro groups is 1. The van der Waals surface area contributed by atoms with E-state index in [0.29, 0.717) is 35.4 Å². The van der Waals surface area contributed by atoms with Crippen molar-refractivity contribution in [2.24, 2.45) is 13.0 Å². The van der Waals surface area contributed by atoms with Crippen LogP contribution < -0.4 is 11.2 Å². The van der Waals surface area contributed by atoms with Crippen LogP contribution in [0, 0.1) is 16.0 Å². The van der Waals surface area contributed by atoms with Crippen LogP contribution >= 0.6 is 0 Å². The highest BCUT2D eigenvalue weighted by atomic mass is 16.6. The highest BCUT2D eigenvalue weighted by Gasteiger charge is 2.23. The van der Waals surface area contributed by atoms with Gasteiger partial charge in [0.15, 0.2) is 5.65 Å². The smallest absolute Gasteiger partial charge is 0.276 e. The van der Waals surface area contributed by atoms with Crippen molar-refractivity contribution in [1.29, 1.82) is 0 Å². The molecule has 9 nitrogen and oxygen atoms in total. The van der Waals surface area contributed by atoms with Gasteiger partial charge >= 0.3 is 5.69 Å². The van der Waals surface area contributed by atoms with Crippen LogP contribution in [0.1, 0.15) is 19.4 Å². The summed E-state index contributed by atoms with van der Waals surface area (Å²) < 4.78 is 4.37. The van der Waals surface area contributed by atoms with Crippen LogP contribution in [0.15, 0.2) is 76.3 Å². The van der Waals surface area contributed by atoms with Crippen molar-refractivity contribution in [3.05, 3.63) is 103 Å². The van der Waals surface area contributed by atoms with Crippen molar-refractivity contribution in [1.82, 2.24) is 18.9 Å². The van der Waals surface area contributed by atoms with Gasteiger partial charge in [-0.3, -0.25) is 28.7 Å². The summed E-state index contributed by atoms with van der Waals surface area (Å²) in [6.07, 6.45) is 0. The van der Waals surface area contributed by atoms with Crippen LogP contribution in [0.3, 0.4) is 0 Å². The molecule has 0 N–H and O–H groups in total. The first-order chi connectivity index (χ1) is 17.3. The molecule has 0 saturated carbocycles. The van der Waals surface area contributed by atoms with Crippen LogP contribution in [-0.2, 0) is 20.1 Å². The second kappa shape index (κ2) is 8.92. The van der Waals surface area contributed by atoms with Gasteiger partial charge in [0.05, 0.1) is 17.2 Å². The molecule has 0 atom stereocenters. The highest BCUT2D eigenvalue weighted by molar-refractivity contribution is 5.91. The lowest BCUT2D eigenvalue weighted by Gasteiger charge is -2.11. The Morgan fingerprint density at radius 2 is 1.67 bits per heavy atom. The molecule has 0 radical (unpaired) electrons. The summed E-state index contributed by atoms with van der Waals surface area (Å²) in [5.41, 5.74) is 1.51. The van der Waals surface area contributed by atoms with E-state index in [4.69, 9.17) is 5.10 Å². The maximum absolute atomic E-state index is 13.4. The van der Waals surface area contributed by atoms with E-state index < -0.39 is 16.2 Å². The van der Waals surface area contributed by atoms with Gasteiger partial charge in [-0.05, 0) is 34.4 Å². The molecule has 0 fully saturated rings. The first kappa shape index (κ1) is 23.2. The molecule has 5 rings (SSSR count). The van der Waals surface area contributed by atoms with Crippen LogP contribution in [0.2, 0.25) is 0 Å². The monoisotopic (exact) mass is 483 g/mol. The molecule has 3 aromatic carbocycles. The molecule has 36 heavy (non-hydrogen) atoms. The van der Waals surface area contributed by atoms with Crippen LogP contribution in [-0.4, -0.2) is 23.8 Å². The van der Waals surface area contributed by atoms with Crippen molar-refractivity contribution in [2.75, 3.05) is 0 Å². The molecule has 0 aliphatic rings. The first-order valence-corrected chi connectivity index (χ1v) is 11.7. The Morgan fingerprint density at radius 1 is 0.972 bits per heavy atom. The van der Waals surface area contributed by atoms with Gasteiger partial charge in [-0.2, -0.15) is 5.10 Å². The maximum atomic E-state index is 13.4. The number of aromatic nitrogens is 4. The van der Waals surface area contributed by atoms with E-state index in [-0.39, 0.29) is 11.6 Å². The lowest BCUT2D eigenvalue weighted by molar-refractivity contribution is -0.384. The molecule has 182 valence electrons. The summed E-state index contributed by atoms with van der Waals surface area (Å²) >= 11 is 0. The van der Waals surface area contributed by atoms with Gasteiger partial charge in [0.1, 0.15) is 5.39 Å². The fourth-order valence-corrected chi connectivity index (χ4v) is 4.63. The lowest BCUT2D eigenvalue weighted by atomic mass is 10.0. The SMILES string of the molecule is CC(C)Cn1c(=O)n(C)c(=O)c2c(-c3ccc([N+](=O)[O-])cc3)n(Cc3cccc4ccccc34)nc21. The quantitative estimate of drug-likeness (QED) is 0.264. The number of hydrogen-bond donors (Lipinski definition) is 0. The topological polar surface area (TPSA) is 105 Å². The minimum atomic E-state index is -0.464. The Labute approximate surface area is 206 Å². The molecule has 5 aromatic rings. The van der Waals surface area contributed by atoms with Gasteiger partial charge in [0, 0.05) is 31.3 Å². The Hall–Kier alpha value is -4.53. The third-order valence-corrected chi connectivity index (χ3v) is 6.33. The van der Waals surface area contributed by atoms with Gasteiger partial charge in [0.25, 0.3) is 11.2 Å². The maximum Gasteiger partial charge on any atom is 0.332 e. The average Bonchev–Trinajstić information content (AvgIpc) is 3.24. The number of fused-ring (bicyclic) bond motifs is 2. The van der Waals surface area contributed by atoms with Gasteiger partial charge < -0.3 is 0 Å². The zero-order valence-corrected chi connectivity index (χ0v) is 20.2. The third kappa shape index (κ3) is 3.88. The number of benzene rings is 3. The van der Waals surface area contributed by atoms with Crippen molar-refractivity contribution in [3.63, 3.8) is 0 Å². The van der Waals surface area contributed by atoms with Crippen molar-refractivity contribution >= 4 is 27.5 Å². The summed E-state index contributed by atoms with van der Waals surface area (Å²) in [6.45, 7) is 4.73. The standard InChI is InChI=1S/C27H25N5O4/c1-17(2)15-30-25-23(26(33)29(3)27(30)34)24(19-11-13-21(14-12-19)32(35)36)31(28-25)16-20-9-6-8-18-7-4-5-10-22(18)20/h4-14,17H,15-16H2,1-3H3. The largest absolute Gasteiger partial charge is 0.332 e. The fourth-order valence-electron chi connectivity index (χ4n) is 4.63. The van der Waals surface area contributed by atoms with Crippen molar-refractivity contribution in [3.8, 4) is 11.3 Å². The van der Waals surface area contributed by atoms with E-state index >= 15 is 0 Å². The van der Waals surface area contributed by atoms with E-state index in [9.17, 15) is 19.7 Å². The molecule has 0 saturated heterocycles. The average molecular weight is 484 g/mol. The fraction of sp³-hybridized carbons (Fsp3) is 0.222. The molecule has 0 aliphatic carbocycles. The Balaban J connectivity index is 1.83. The summed E-state index contributed by atoms with van der Waals surface area (Å²) in [6, 6.07) is 20.1. The molecule has 0 spiro atoms. The first-order valence-electron chi connectivity index (χ1n) is 11.7. The number of non-ortho nitro benzene ring substituents is 1. The van der Waals surface area contributed by atoms with Crippen LogP contribution in [0.5, 0.6) is 0 Å². The molecule has 0 bridgehead atoms. The van der Waals surface area contributed by atoms with Crippen molar-refractivity contribution in [2.45, 2.75) is 26.9 Å². The van der Waals surface area contributed by atoms with E-state index in [2.05, 4.69) is 0 Å². The summed E-state index contributed by atoms with van der Waals surface area (Å²) in [5, 5.41) is 18.5. The van der Waals surface area contributed by atoms with Gasteiger partial charge in [-0.25, -0.2) is 4.79 Å². The second-order valence-corrected chi connectivity index (χ2v) is 9.30. The minimum Gasteiger partial charge on any atom is -0.276 e. The summed E-state index contributed by atoms with van der Waals surface area (Å²) in [4.78, 5) is 37.2. The zero-order chi connectivity index (χ0) is 25.6. The molecule has 0 aliphatic heterocycles. The molecule has 9 heteroatoms. The molecule has 2 aromatic heterocycles.